The number of hydrogen-bond acceptors (Lipinski definition) is 7. The van der Waals surface area contributed by atoms with Gasteiger partial charge in [-0.2, -0.15) is 0 Å². The highest BCUT2D eigenvalue weighted by atomic mass is 16.5. The fourth-order valence-corrected chi connectivity index (χ4v) is 3.61. The van der Waals surface area contributed by atoms with Gasteiger partial charge in [-0.3, -0.25) is 4.57 Å². The lowest BCUT2D eigenvalue weighted by molar-refractivity contribution is 0.125. The Morgan fingerprint density at radius 3 is 2.86 bits per heavy atom. The molecule has 9 nitrogen and oxygen atoms in total. The monoisotopic (exact) mass is 392 g/mol. The van der Waals surface area contributed by atoms with Crippen molar-refractivity contribution in [2.75, 3.05) is 13.7 Å². The number of aryl methyl sites for hydroxylation is 1. The van der Waals surface area contributed by atoms with Crippen molar-refractivity contribution in [2.24, 2.45) is 0 Å². The molecule has 0 N–H and O–H groups in total. The molecule has 0 atom stereocenters. The van der Waals surface area contributed by atoms with Crippen molar-refractivity contribution in [3.8, 4) is 34.2 Å². The predicted octanol–water partition coefficient (Wildman–Crippen LogP) is 3.00. The van der Waals surface area contributed by atoms with Crippen LogP contribution >= 0.6 is 0 Å². The molecule has 1 aliphatic rings. The number of hydrogen-bond donors (Lipinski definition) is 0. The highest BCUT2D eigenvalue weighted by molar-refractivity contribution is 5.73. The van der Waals surface area contributed by atoms with Crippen LogP contribution in [0.25, 0.3) is 28.5 Å². The van der Waals surface area contributed by atoms with Crippen LogP contribution in [-0.4, -0.2) is 43.2 Å². The van der Waals surface area contributed by atoms with Gasteiger partial charge < -0.3 is 18.6 Å². The maximum Gasteiger partial charge on any atom is 0.166 e. The molecule has 0 radical (unpaired) electrons. The number of benzene rings is 1. The van der Waals surface area contributed by atoms with Gasteiger partial charge in [0.1, 0.15) is 35.8 Å². The van der Waals surface area contributed by atoms with E-state index in [0.717, 1.165) is 45.8 Å². The number of nitrogens with zero attached hydrogens (tertiary/aromatic N) is 6. The molecule has 29 heavy (non-hydrogen) atoms. The Morgan fingerprint density at radius 2 is 2.10 bits per heavy atom. The Balaban J connectivity index is 1.74. The Labute approximate surface area is 166 Å². The first-order valence-corrected chi connectivity index (χ1v) is 9.38. The van der Waals surface area contributed by atoms with Gasteiger partial charge in [0.25, 0.3) is 0 Å². The van der Waals surface area contributed by atoms with Crippen LogP contribution in [0.3, 0.4) is 0 Å². The van der Waals surface area contributed by atoms with E-state index in [9.17, 15) is 0 Å². The van der Waals surface area contributed by atoms with Crippen molar-refractivity contribution in [3.63, 3.8) is 0 Å². The van der Waals surface area contributed by atoms with E-state index in [4.69, 9.17) is 14.0 Å². The fraction of sp³-hybridized carbons (Fsp3) is 0.300. The lowest BCUT2D eigenvalue weighted by Gasteiger charge is -2.10. The molecular weight excluding hydrogens is 372 g/mol. The second-order valence-corrected chi connectivity index (χ2v) is 6.78. The van der Waals surface area contributed by atoms with E-state index < -0.39 is 0 Å². The summed E-state index contributed by atoms with van der Waals surface area (Å²) < 4.78 is 20.4. The Kier molecular flexibility index (Phi) is 4.17. The number of imidazole rings is 1. The van der Waals surface area contributed by atoms with Crippen molar-refractivity contribution in [1.82, 2.24) is 29.5 Å². The Morgan fingerprint density at radius 1 is 1.21 bits per heavy atom. The molecule has 4 heterocycles. The quantitative estimate of drug-likeness (QED) is 0.454. The molecule has 0 aliphatic carbocycles. The number of methoxy groups -OCH3 is 1. The first-order chi connectivity index (χ1) is 14.2. The molecule has 0 saturated carbocycles. The smallest absolute Gasteiger partial charge is 0.166 e. The Bertz CT molecular complexity index is 1190. The predicted molar refractivity (Wildman–Crippen MR) is 104 cm³/mol. The van der Waals surface area contributed by atoms with Crippen molar-refractivity contribution >= 4 is 0 Å². The minimum atomic E-state index is 0.384. The van der Waals surface area contributed by atoms with E-state index in [1.54, 1.807) is 7.11 Å². The normalized spacial score (nSPS) is 12.2. The molecule has 0 unspecified atom stereocenters. The molecule has 5 rings (SSSR count). The molecule has 0 saturated heterocycles. The van der Waals surface area contributed by atoms with Crippen molar-refractivity contribution in [2.45, 2.75) is 27.0 Å². The zero-order chi connectivity index (χ0) is 20.0. The van der Waals surface area contributed by atoms with Gasteiger partial charge in [0.15, 0.2) is 11.6 Å². The van der Waals surface area contributed by atoms with Crippen LogP contribution in [0.15, 0.2) is 35.1 Å². The molecule has 4 aromatic rings. The van der Waals surface area contributed by atoms with E-state index in [1.807, 2.05) is 44.4 Å². The van der Waals surface area contributed by atoms with Gasteiger partial charge in [-0.25, -0.2) is 4.98 Å². The van der Waals surface area contributed by atoms with Gasteiger partial charge in [0, 0.05) is 18.2 Å². The van der Waals surface area contributed by atoms with Gasteiger partial charge in [0.2, 0.25) is 0 Å². The first-order valence-electron chi connectivity index (χ1n) is 9.38. The summed E-state index contributed by atoms with van der Waals surface area (Å²) in [5, 5.41) is 13.0. The zero-order valence-corrected chi connectivity index (χ0v) is 16.4. The van der Waals surface area contributed by atoms with Crippen LogP contribution in [0.5, 0.6) is 5.75 Å². The average Bonchev–Trinajstić information content (AvgIpc) is 3.43. The summed E-state index contributed by atoms with van der Waals surface area (Å²) in [5.41, 5.74) is 4.32. The third-order valence-corrected chi connectivity index (χ3v) is 5.01. The van der Waals surface area contributed by atoms with E-state index in [1.165, 1.54) is 0 Å². The zero-order valence-electron chi connectivity index (χ0n) is 16.4. The van der Waals surface area contributed by atoms with E-state index in [-0.39, 0.29) is 0 Å². The molecule has 0 fully saturated rings. The second-order valence-electron chi connectivity index (χ2n) is 6.78. The van der Waals surface area contributed by atoms with E-state index >= 15 is 0 Å². The fourth-order valence-electron chi connectivity index (χ4n) is 3.61. The highest BCUT2D eigenvalue weighted by Gasteiger charge is 2.27. The van der Waals surface area contributed by atoms with Crippen LogP contribution in [0.4, 0.5) is 0 Å². The number of ether oxygens (including phenoxy) is 2. The van der Waals surface area contributed by atoms with Crippen molar-refractivity contribution < 1.29 is 14.0 Å². The lowest BCUT2D eigenvalue weighted by Crippen LogP contribution is -2.09. The largest absolute Gasteiger partial charge is 0.497 e. The summed E-state index contributed by atoms with van der Waals surface area (Å²) in [6.07, 6.45) is 1.81. The van der Waals surface area contributed by atoms with Crippen LogP contribution in [-0.2, 0) is 17.9 Å². The molecule has 0 spiro atoms. The maximum absolute atomic E-state index is 5.61. The summed E-state index contributed by atoms with van der Waals surface area (Å²) in [7, 11) is 1.65. The van der Waals surface area contributed by atoms with Crippen molar-refractivity contribution in [1.29, 1.82) is 0 Å². The molecule has 1 aromatic carbocycles. The van der Waals surface area contributed by atoms with Crippen LogP contribution in [0.1, 0.15) is 24.2 Å². The average molecular weight is 392 g/mol. The molecule has 9 heteroatoms. The summed E-state index contributed by atoms with van der Waals surface area (Å²) in [4.78, 5) is 4.64. The van der Waals surface area contributed by atoms with Gasteiger partial charge in [-0.15, -0.1) is 10.2 Å². The molecule has 3 aromatic heterocycles. The SMILES string of the molecule is CCOCc1nnc2n1Cc1c(-c3cc(C)on3)ncn1-c1ccc(OC)cc1-2. The Hall–Kier alpha value is -3.46. The van der Waals surface area contributed by atoms with Gasteiger partial charge in [-0.05, 0) is 32.0 Å². The highest BCUT2D eigenvalue weighted by Crippen LogP contribution is 2.36. The minimum absolute atomic E-state index is 0.384. The number of rotatable bonds is 5. The lowest BCUT2D eigenvalue weighted by atomic mass is 10.1. The summed E-state index contributed by atoms with van der Waals surface area (Å²) in [5.74, 6) is 3.01. The summed E-state index contributed by atoms with van der Waals surface area (Å²) >= 11 is 0. The molecule has 148 valence electrons. The van der Waals surface area contributed by atoms with Crippen LogP contribution in [0.2, 0.25) is 0 Å². The standard InChI is InChI=1S/C20H20N6O3/c1-4-28-10-18-22-23-20-14-8-13(27-3)5-6-16(14)26-11-21-19(17(26)9-25(18)20)15-7-12(2)29-24-15/h5-8,11H,4,9-10H2,1-3H3. The van der Waals surface area contributed by atoms with Gasteiger partial charge in [-0.1, -0.05) is 5.16 Å². The van der Waals surface area contributed by atoms with Gasteiger partial charge in [0.05, 0.1) is 25.0 Å². The molecule has 1 aliphatic heterocycles. The maximum atomic E-state index is 5.61. The molecule has 0 amide bonds. The second kappa shape index (κ2) is 6.85. The summed E-state index contributed by atoms with van der Waals surface area (Å²) in [6.45, 7) is 5.34. The number of aromatic nitrogens is 6. The topological polar surface area (TPSA) is 93.0 Å². The third kappa shape index (κ3) is 2.82. The van der Waals surface area contributed by atoms with Crippen molar-refractivity contribution in [3.05, 3.63) is 47.9 Å². The molecule has 0 bridgehead atoms. The number of fused-ring (bicyclic) bond motifs is 5. The summed E-state index contributed by atoms with van der Waals surface area (Å²) in [6, 6.07) is 7.78. The van der Waals surface area contributed by atoms with E-state index in [0.29, 0.717) is 25.5 Å². The van der Waals surface area contributed by atoms with Gasteiger partial charge >= 0.3 is 0 Å². The third-order valence-electron chi connectivity index (χ3n) is 5.01. The van der Waals surface area contributed by atoms with Crippen LogP contribution < -0.4 is 4.74 Å². The molecular formula is C20H20N6O3. The van der Waals surface area contributed by atoms with Crippen LogP contribution in [0, 0.1) is 6.92 Å². The first kappa shape index (κ1) is 17.6. The van der Waals surface area contributed by atoms with E-state index in [2.05, 4.69) is 29.5 Å². The minimum Gasteiger partial charge on any atom is -0.497 e.